The summed E-state index contributed by atoms with van der Waals surface area (Å²) in [7, 11) is 0. The third kappa shape index (κ3) is 5.96. The molecule has 0 fully saturated rings. The third-order valence-corrected chi connectivity index (χ3v) is 3.28. The highest BCUT2D eigenvalue weighted by atomic mass is 35.5. The lowest BCUT2D eigenvalue weighted by molar-refractivity contribution is -0.138. The summed E-state index contributed by atoms with van der Waals surface area (Å²) in [6.45, 7) is 3.30. The molecule has 1 aromatic carbocycles. The molecule has 1 aliphatic rings. The first-order chi connectivity index (χ1) is 10.6. The van der Waals surface area contributed by atoms with Gasteiger partial charge in [-0.15, -0.1) is 12.4 Å². The molecule has 0 aliphatic carbocycles. The molecule has 23 heavy (non-hydrogen) atoms. The van der Waals surface area contributed by atoms with Crippen LogP contribution in [0.4, 0.5) is 0 Å². The summed E-state index contributed by atoms with van der Waals surface area (Å²) in [5.41, 5.74) is 0. The van der Waals surface area contributed by atoms with Crippen LogP contribution in [0.25, 0.3) is 0 Å². The van der Waals surface area contributed by atoms with E-state index in [9.17, 15) is 9.59 Å². The molecule has 0 saturated heterocycles. The average Bonchev–Trinajstić information content (AvgIpc) is 2.52. The average molecular weight is 345 g/mol. The van der Waals surface area contributed by atoms with Gasteiger partial charge >= 0.3 is 5.97 Å². The second kappa shape index (κ2) is 9.22. The molecular weight excluding hydrogens is 324 g/mol. The number of nitrogens with zero attached hydrogens (tertiary/aromatic N) is 1. The molecule has 2 N–H and O–H groups in total. The Morgan fingerprint density at radius 3 is 2.70 bits per heavy atom. The first-order valence-corrected chi connectivity index (χ1v) is 7.17. The third-order valence-electron chi connectivity index (χ3n) is 3.28. The Labute approximate surface area is 141 Å². The van der Waals surface area contributed by atoms with E-state index in [2.05, 4.69) is 5.32 Å². The van der Waals surface area contributed by atoms with Crippen molar-refractivity contribution in [3.05, 3.63) is 24.3 Å². The molecule has 2 rings (SSSR count). The number of hydrogen-bond acceptors (Lipinski definition) is 5. The number of hydrogen-bond donors (Lipinski definition) is 2. The fourth-order valence-corrected chi connectivity index (χ4v) is 2.18. The van der Waals surface area contributed by atoms with Gasteiger partial charge in [0.2, 0.25) is 5.91 Å². The second-order valence-corrected chi connectivity index (χ2v) is 5.00. The van der Waals surface area contributed by atoms with Gasteiger partial charge in [0.15, 0.2) is 11.5 Å². The zero-order chi connectivity index (χ0) is 15.9. The number of likely N-dealkylation sites (N-methyl/N-ethyl adjacent to an activating group) is 1. The first kappa shape index (κ1) is 19.1. The van der Waals surface area contributed by atoms with E-state index >= 15 is 0 Å². The summed E-state index contributed by atoms with van der Waals surface area (Å²) in [6, 6.07) is 7.45. The van der Waals surface area contributed by atoms with Gasteiger partial charge in [0, 0.05) is 6.54 Å². The molecule has 1 aliphatic heterocycles. The summed E-state index contributed by atoms with van der Waals surface area (Å²) < 4.78 is 11.5. The van der Waals surface area contributed by atoms with Crippen molar-refractivity contribution < 1.29 is 24.2 Å². The number of rotatable bonds is 7. The van der Waals surface area contributed by atoms with Crippen LogP contribution < -0.4 is 14.8 Å². The molecule has 0 saturated carbocycles. The predicted octanol–water partition coefficient (Wildman–Crippen LogP) is 0.771. The van der Waals surface area contributed by atoms with Crippen LogP contribution >= 0.6 is 12.4 Å². The molecule has 0 radical (unpaired) electrons. The number of halogens is 1. The molecule has 7 nitrogen and oxygen atoms in total. The number of carbonyl (C=O) groups is 2. The monoisotopic (exact) mass is 344 g/mol. The van der Waals surface area contributed by atoms with Gasteiger partial charge in [-0.3, -0.25) is 14.5 Å². The maximum absolute atomic E-state index is 11.7. The number of aliphatic carboxylic acids is 1. The van der Waals surface area contributed by atoms with Crippen LogP contribution in [0, 0.1) is 0 Å². The van der Waals surface area contributed by atoms with E-state index in [1.807, 2.05) is 36.1 Å². The topological polar surface area (TPSA) is 88.1 Å². The smallest absolute Gasteiger partial charge is 0.322 e. The minimum absolute atomic E-state index is 0. The van der Waals surface area contributed by atoms with Crippen molar-refractivity contribution in [1.29, 1.82) is 0 Å². The number of fused-ring (bicyclic) bond motifs is 1. The molecule has 1 heterocycles. The van der Waals surface area contributed by atoms with Crippen LogP contribution in [0.2, 0.25) is 0 Å². The number of ether oxygens (including phenoxy) is 2. The fourth-order valence-electron chi connectivity index (χ4n) is 2.18. The van der Waals surface area contributed by atoms with Crippen LogP contribution in [-0.4, -0.2) is 60.8 Å². The summed E-state index contributed by atoms with van der Waals surface area (Å²) >= 11 is 0. The van der Waals surface area contributed by atoms with E-state index in [1.54, 1.807) is 0 Å². The van der Waals surface area contributed by atoms with Gasteiger partial charge in [0.1, 0.15) is 19.3 Å². The van der Waals surface area contributed by atoms with Gasteiger partial charge in [-0.05, 0) is 18.7 Å². The van der Waals surface area contributed by atoms with Crippen molar-refractivity contribution in [2.24, 2.45) is 0 Å². The number of carbonyl (C=O) groups excluding carboxylic acids is 1. The molecule has 1 aromatic rings. The summed E-state index contributed by atoms with van der Waals surface area (Å²) in [6.07, 6.45) is -0.165. The van der Waals surface area contributed by atoms with Gasteiger partial charge in [0.05, 0.1) is 6.54 Å². The zero-order valence-electron chi connectivity index (χ0n) is 12.9. The van der Waals surface area contributed by atoms with E-state index in [0.29, 0.717) is 25.4 Å². The molecule has 0 spiro atoms. The van der Waals surface area contributed by atoms with Crippen LogP contribution in [0.15, 0.2) is 24.3 Å². The highest BCUT2D eigenvalue weighted by Crippen LogP contribution is 2.30. The van der Waals surface area contributed by atoms with E-state index in [0.717, 1.165) is 5.75 Å². The van der Waals surface area contributed by atoms with E-state index in [-0.39, 0.29) is 37.5 Å². The number of para-hydroxylation sites is 2. The summed E-state index contributed by atoms with van der Waals surface area (Å²) in [4.78, 5) is 24.0. The number of nitrogens with one attached hydrogen (secondary N) is 1. The number of amides is 1. The van der Waals surface area contributed by atoms with Crippen molar-refractivity contribution in [2.75, 3.05) is 32.8 Å². The normalized spacial score (nSPS) is 15.7. The van der Waals surface area contributed by atoms with Crippen LogP contribution in [0.3, 0.4) is 0 Å². The number of benzene rings is 1. The Balaban J connectivity index is 0.00000264. The molecule has 1 atom stereocenters. The lowest BCUT2D eigenvalue weighted by Crippen LogP contribution is -2.45. The quantitative estimate of drug-likeness (QED) is 0.759. The second-order valence-electron chi connectivity index (χ2n) is 5.00. The Morgan fingerprint density at radius 2 is 2.04 bits per heavy atom. The van der Waals surface area contributed by atoms with E-state index < -0.39 is 5.97 Å². The minimum atomic E-state index is -1.06. The SMILES string of the molecule is CCN(CC(=O)NCC(=O)O)CC1COc2ccccc2O1.Cl. The largest absolute Gasteiger partial charge is 0.486 e. The lowest BCUT2D eigenvalue weighted by atomic mass is 10.2. The minimum Gasteiger partial charge on any atom is -0.486 e. The molecular formula is C15H21ClN2O5. The van der Waals surface area contributed by atoms with Crippen molar-refractivity contribution in [1.82, 2.24) is 10.2 Å². The van der Waals surface area contributed by atoms with Crippen molar-refractivity contribution >= 4 is 24.3 Å². The Kier molecular flexibility index (Phi) is 7.64. The molecule has 128 valence electrons. The summed E-state index contributed by atoms with van der Waals surface area (Å²) in [5.74, 6) is 0.0459. The standard InChI is InChI=1S/C15H20N2O5.ClH/c1-2-17(9-14(18)16-7-15(19)20)8-11-10-21-12-5-3-4-6-13(12)22-11;/h3-6,11H,2,7-10H2,1H3,(H,16,18)(H,19,20);1H. The van der Waals surface area contributed by atoms with Gasteiger partial charge in [-0.1, -0.05) is 19.1 Å². The Bertz CT molecular complexity index is 540. The zero-order valence-corrected chi connectivity index (χ0v) is 13.7. The van der Waals surface area contributed by atoms with Gasteiger partial charge in [-0.2, -0.15) is 0 Å². The molecule has 1 amide bonds. The number of carboxylic acids is 1. The van der Waals surface area contributed by atoms with Gasteiger partial charge in [0.25, 0.3) is 0 Å². The van der Waals surface area contributed by atoms with Crippen molar-refractivity contribution in [3.8, 4) is 11.5 Å². The molecule has 0 bridgehead atoms. The Hall–Kier alpha value is -1.99. The molecule has 1 unspecified atom stereocenters. The molecule has 8 heteroatoms. The number of carboxylic acid groups (broad SMARTS) is 1. The highest BCUT2D eigenvalue weighted by Gasteiger charge is 2.23. The fraction of sp³-hybridized carbons (Fsp3) is 0.467. The summed E-state index contributed by atoms with van der Waals surface area (Å²) in [5, 5.41) is 10.9. The predicted molar refractivity (Wildman–Crippen MR) is 86.4 cm³/mol. The molecule has 0 aromatic heterocycles. The highest BCUT2D eigenvalue weighted by molar-refractivity contribution is 5.85. The van der Waals surface area contributed by atoms with Crippen LogP contribution in [-0.2, 0) is 9.59 Å². The van der Waals surface area contributed by atoms with Crippen molar-refractivity contribution in [3.63, 3.8) is 0 Å². The van der Waals surface area contributed by atoms with E-state index in [1.165, 1.54) is 0 Å². The Morgan fingerprint density at radius 1 is 1.35 bits per heavy atom. The van der Waals surface area contributed by atoms with Gasteiger partial charge < -0.3 is 19.9 Å². The lowest BCUT2D eigenvalue weighted by Gasteiger charge is -2.30. The first-order valence-electron chi connectivity index (χ1n) is 7.17. The maximum atomic E-state index is 11.7. The van der Waals surface area contributed by atoms with Crippen LogP contribution in [0.1, 0.15) is 6.92 Å². The van der Waals surface area contributed by atoms with Crippen LogP contribution in [0.5, 0.6) is 11.5 Å². The maximum Gasteiger partial charge on any atom is 0.322 e. The van der Waals surface area contributed by atoms with Crippen molar-refractivity contribution in [2.45, 2.75) is 13.0 Å². The van der Waals surface area contributed by atoms with E-state index in [4.69, 9.17) is 14.6 Å². The van der Waals surface area contributed by atoms with Gasteiger partial charge in [-0.25, -0.2) is 0 Å².